The third kappa shape index (κ3) is 3.98. The van der Waals surface area contributed by atoms with E-state index in [0.717, 1.165) is 11.3 Å². The number of halogens is 2. The normalized spacial score (nSPS) is 17.4. The van der Waals surface area contributed by atoms with Crippen molar-refractivity contribution in [3.63, 3.8) is 0 Å². The fourth-order valence-corrected chi connectivity index (χ4v) is 4.27. The summed E-state index contributed by atoms with van der Waals surface area (Å²) in [7, 11) is -3.51. The molecule has 0 bridgehead atoms. The van der Waals surface area contributed by atoms with E-state index in [-0.39, 0.29) is 11.8 Å². The summed E-state index contributed by atoms with van der Waals surface area (Å²) in [5.74, 6) is 0.574. The van der Waals surface area contributed by atoms with Gasteiger partial charge in [0.2, 0.25) is 10.0 Å². The van der Waals surface area contributed by atoms with Crippen molar-refractivity contribution in [2.24, 2.45) is 0 Å². The number of sulfonamides is 1. The lowest BCUT2D eigenvalue weighted by Crippen LogP contribution is -2.33. The molecule has 0 spiro atoms. The maximum Gasteiger partial charge on any atom is 0.216 e. The summed E-state index contributed by atoms with van der Waals surface area (Å²) >= 11 is 11.8. The zero-order valence-corrected chi connectivity index (χ0v) is 14.5. The molecule has 0 radical (unpaired) electrons. The van der Waals surface area contributed by atoms with Crippen LogP contribution in [0.1, 0.15) is 23.6 Å². The molecule has 7 heteroatoms. The van der Waals surface area contributed by atoms with Gasteiger partial charge in [0, 0.05) is 12.0 Å². The molecule has 3 rings (SSSR count). The largest absolute Gasteiger partial charge is 0.493 e. The Labute approximate surface area is 145 Å². The van der Waals surface area contributed by atoms with Crippen molar-refractivity contribution >= 4 is 33.2 Å². The van der Waals surface area contributed by atoms with E-state index in [4.69, 9.17) is 27.9 Å². The van der Waals surface area contributed by atoms with Gasteiger partial charge in [-0.25, -0.2) is 13.1 Å². The van der Waals surface area contributed by atoms with Crippen molar-refractivity contribution in [2.75, 3.05) is 6.61 Å². The summed E-state index contributed by atoms with van der Waals surface area (Å²) in [6, 6.07) is 12.0. The molecule has 1 atom stereocenters. The van der Waals surface area contributed by atoms with Crippen molar-refractivity contribution < 1.29 is 13.2 Å². The van der Waals surface area contributed by atoms with E-state index in [1.165, 1.54) is 0 Å². The van der Waals surface area contributed by atoms with Crippen LogP contribution in [0.5, 0.6) is 5.75 Å². The van der Waals surface area contributed by atoms with Gasteiger partial charge in [0.1, 0.15) is 5.75 Å². The van der Waals surface area contributed by atoms with Crippen LogP contribution in [0.3, 0.4) is 0 Å². The molecule has 0 aliphatic carbocycles. The van der Waals surface area contributed by atoms with E-state index in [9.17, 15) is 8.42 Å². The van der Waals surface area contributed by atoms with Gasteiger partial charge in [0.15, 0.2) is 0 Å². The molecule has 0 fully saturated rings. The molecule has 0 amide bonds. The standard InChI is InChI=1S/C16H15Cl2NO3S/c17-13-6-5-11(9-14(13)18)10-23(20,21)19-15-7-8-22-16-4-2-1-3-12(15)16/h1-6,9,15,19H,7-8,10H2. The Morgan fingerprint density at radius 2 is 1.91 bits per heavy atom. The van der Waals surface area contributed by atoms with Crippen molar-refractivity contribution in [1.82, 2.24) is 4.72 Å². The van der Waals surface area contributed by atoms with Gasteiger partial charge in [-0.1, -0.05) is 47.5 Å². The Kier molecular flexibility index (Phi) is 4.82. The summed E-state index contributed by atoms with van der Waals surface area (Å²) in [6.07, 6.45) is 0.595. The van der Waals surface area contributed by atoms with E-state index >= 15 is 0 Å². The van der Waals surface area contributed by atoms with Crippen molar-refractivity contribution in [3.05, 3.63) is 63.6 Å². The lowest BCUT2D eigenvalue weighted by molar-refractivity contribution is 0.263. The molecule has 1 heterocycles. The number of hydrogen-bond donors (Lipinski definition) is 1. The second kappa shape index (κ2) is 6.69. The van der Waals surface area contributed by atoms with Gasteiger partial charge in [-0.05, 0) is 23.8 Å². The minimum absolute atomic E-state index is 0.149. The highest BCUT2D eigenvalue weighted by atomic mass is 35.5. The Morgan fingerprint density at radius 3 is 2.70 bits per heavy atom. The minimum Gasteiger partial charge on any atom is -0.493 e. The summed E-state index contributed by atoms with van der Waals surface area (Å²) < 4.78 is 33.2. The van der Waals surface area contributed by atoms with Gasteiger partial charge >= 0.3 is 0 Å². The highest BCUT2D eigenvalue weighted by molar-refractivity contribution is 7.88. The fourth-order valence-electron chi connectivity index (χ4n) is 2.57. The number of benzene rings is 2. The number of ether oxygens (including phenoxy) is 1. The first kappa shape index (κ1) is 16.6. The fraction of sp³-hybridized carbons (Fsp3) is 0.250. The molecular weight excluding hydrogens is 357 g/mol. The van der Waals surface area contributed by atoms with Crippen LogP contribution >= 0.6 is 23.2 Å². The Hall–Kier alpha value is -1.27. The van der Waals surface area contributed by atoms with Crippen LogP contribution in [0.25, 0.3) is 0 Å². The predicted molar refractivity (Wildman–Crippen MR) is 91.5 cm³/mol. The highest BCUT2D eigenvalue weighted by Gasteiger charge is 2.25. The third-order valence-corrected chi connectivity index (χ3v) is 5.72. The molecule has 2 aromatic rings. The van der Waals surface area contributed by atoms with Crippen LogP contribution in [0.2, 0.25) is 10.0 Å². The number of hydrogen-bond acceptors (Lipinski definition) is 3. The maximum atomic E-state index is 12.4. The Bertz CT molecular complexity index is 824. The van der Waals surface area contributed by atoms with Crippen LogP contribution in [0.15, 0.2) is 42.5 Å². The van der Waals surface area contributed by atoms with E-state index in [1.54, 1.807) is 18.2 Å². The van der Waals surface area contributed by atoms with E-state index in [1.807, 2.05) is 24.3 Å². The summed E-state index contributed by atoms with van der Waals surface area (Å²) in [5.41, 5.74) is 1.45. The molecule has 1 aliphatic heterocycles. The first-order valence-electron chi connectivity index (χ1n) is 7.10. The van der Waals surface area contributed by atoms with Crippen LogP contribution in [0, 0.1) is 0 Å². The Morgan fingerprint density at radius 1 is 1.13 bits per heavy atom. The minimum atomic E-state index is -3.51. The molecule has 23 heavy (non-hydrogen) atoms. The van der Waals surface area contributed by atoms with E-state index in [2.05, 4.69) is 4.72 Å². The lowest BCUT2D eigenvalue weighted by atomic mass is 10.0. The topological polar surface area (TPSA) is 55.4 Å². The van der Waals surface area contributed by atoms with Gasteiger partial charge in [-0.15, -0.1) is 0 Å². The second-order valence-corrected chi connectivity index (χ2v) is 7.92. The number of fused-ring (bicyclic) bond motifs is 1. The van der Waals surface area contributed by atoms with Crippen molar-refractivity contribution in [2.45, 2.75) is 18.2 Å². The van der Waals surface area contributed by atoms with Crippen LogP contribution in [-0.2, 0) is 15.8 Å². The molecule has 0 saturated carbocycles. The van der Waals surface area contributed by atoms with Gasteiger partial charge in [0.05, 0.1) is 28.4 Å². The second-order valence-electron chi connectivity index (χ2n) is 5.35. The van der Waals surface area contributed by atoms with Crippen LogP contribution < -0.4 is 9.46 Å². The first-order chi connectivity index (χ1) is 10.9. The summed E-state index contributed by atoms with van der Waals surface area (Å²) in [4.78, 5) is 0. The lowest BCUT2D eigenvalue weighted by Gasteiger charge is -2.26. The van der Waals surface area contributed by atoms with E-state index < -0.39 is 10.0 Å². The molecule has 1 N–H and O–H groups in total. The molecule has 4 nitrogen and oxygen atoms in total. The first-order valence-corrected chi connectivity index (χ1v) is 9.51. The smallest absolute Gasteiger partial charge is 0.216 e. The van der Waals surface area contributed by atoms with E-state index in [0.29, 0.717) is 28.6 Å². The average molecular weight is 372 g/mol. The van der Waals surface area contributed by atoms with Gasteiger partial charge in [0.25, 0.3) is 0 Å². The average Bonchev–Trinajstić information content (AvgIpc) is 2.51. The molecule has 122 valence electrons. The van der Waals surface area contributed by atoms with Gasteiger partial charge < -0.3 is 4.74 Å². The Balaban J connectivity index is 1.78. The van der Waals surface area contributed by atoms with Crippen molar-refractivity contribution in [3.8, 4) is 5.75 Å². The predicted octanol–water partition coefficient (Wildman–Crippen LogP) is 3.94. The molecule has 1 aliphatic rings. The number of rotatable bonds is 4. The zero-order valence-electron chi connectivity index (χ0n) is 12.1. The maximum absolute atomic E-state index is 12.4. The summed E-state index contributed by atoms with van der Waals surface area (Å²) in [6.45, 7) is 0.483. The van der Waals surface area contributed by atoms with Crippen LogP contribution in [-0.4, -0.2) is 15.0 Å². The third-order valence-electron chi connectivity index (χ3n) is 3.62. The number of nitrogens with one attached hydrogen (secondary N) is 1. The van der Waals surface area contributed by atoms with Gasteiger partial charge in [-0.2, -0.15) is 0 Å². The SMILES string of the molecule is O=S(=O)(Cc1ccc(Cl)c(Cl)c1)NC1CCOc2ccccc21. The monoisotopic (exact) mass is 371 g/mol. The zero-order chi connectivity index (χ0) is 16.4. The molecule has 0 saturated heterocycles. The van der Waals surface area contributed by atoms with Crippen LogP contribution in [0.4, 0.5) is 0 Å². The molecule has 2 aromatic carbocycles. The molecule has 1 unspecified atom stereocenters. The number of para-hydroxylation sites is 1. The molecule has 0 aromatic heterocycles. The quantitative estimate of drug-likeness (QED) is 0.885. The highest BCUT2D eigenvalue weighted by Crippen LogP contribution is 2.32. The molecular formula is C16H15Cl2NO3S. The van der Waals surface area contributed by atoms with Crippen molar-refractivity contribution in [1.29, 1.82) is 0 Å². The van der Waals surface area contributed by atoms with Gasteiger partial charge in [-0.3, -0.25) is 0 Å². The summed E-state index contributed by atoms with van der Waals surface area (Å²) in [5, 5.41) is 0.745.